The van der Waals surface area contributed by atoms with Crippen LogP contribution in [0.25, 0.3) is 0 Å². The van der Waals surface area contributed by atoms with Crippen LogP contribution < -0.4 is 0 Å². The molecule has 2 rings (SSSR count). The molecule has 1 aromatic heterocycles. The van der Waals surface area contributed by atoms with E-state index in [-0.39, 0.29) is 12.2 Å². The topological polar surface area (TPSA) is 51.9 Å². The Morgan fingerprint density at radius 3 is 2.14 bits per heavy atom. The first-order valence-electron chi connectivity index (χ1n) is 8.16. The molecule has 1 atom stereocenters. The van der Waals surface area contributed by atoms with Crippen molar-refractivity contribution in [2.45, 2.75) is 64.9 Å². The van der Waals surface area contributed by atoms with Gasteiger partial charge in [0, 0.05) is 0 Å². The van der Waals surface area contributed by atoms with Gasteiger partial charge in [-0.3, -0.25) is 9.46 Å². The molecule has 0 bridgehead atoms. The molecule has 1 saturated heterocycles. The van der Waals surface area contributed by atoms with Crippen LogP contribution in [-0.2, 0) is 13.6 Å². The lowest BCUT2D eigenvalue weighted by atomic mass is 10.1. The van der Waals surface area contributed by atoms with Crippen molar-refractivity contribution in [2.24, 2.45) is 0 Å². The molecule has 1 unspecified atom stereocenters. The van der Waals surface area contributed by atoms with Crippen LogP contribution in [0.4, 0.5) is 0 Å². The Balaban J connectivity index is 2.36. The zero-order valence-corrected chi connectivity index (χ0v) is 14.9. The molecule has 1 aliphatic rings. The van der Waals surface area contributed by atoms with E-state index in [9.17, 15) is 4.57 Å². The van der Waals surface area contributed by atoms with Crippen molar-refractivity contribution in [1.29, 1.82) is 0 Å². The number of nitrogens with zero attached hydrogens (tertiary/aromatic N) is 1. The van der Waals surface area contributed by atoms with Crippen molar-refractivity contribution in [3.05, 3.63) is 24.2 Å². The highest BCUT2D eigenvalue weighted by molar-refractivity contribution is 7.54. The predicted molar refractivity (Wildman–Crippen MR) is 86.9 cm³/mol. The molecular weight excluding hydrogens is 301 g/mol. The van der Waals surface area contributed by atoms with Gasteiger partial charge < -0.3 is 13.5 Å². The summed E-state index contributed by atoms with van der Waals surface area (Å²) in [5.74, 6) is 0.194. The summed E-state index contributed by atoms with van der Waals surface area (Å²) in [6.45, 7) is 9.30. The number of hydrogen-bond donors (Lipinski definition) is 0. The zero-order chi connectivity index (χ0) is 16.2. The van der Waals surface area contributed by atoms with E-state index in [0.717, 1.165) is 25.9 Å². The summed E-state index contributed by atoms with van der Waals surface area (Å²) >= 11 is 0. The Hall–Kier alpha value is -0.610. The molecule has 0 radical (unpaired) electrons. The Bertz CT molecular complexity index is 466. The molecule has 5 nitrogen and oxygen atoms in total. The summed E-state index contributed by atoms with van der Waals surface area (Å²) in [6, 6.07) is 3.68. The second-order valence-electron chi connectivity index (χ2n) is 6.33. The second-order valence-corrected chi connectivity index (χ2v) is 8.32. The SMILES string of the molecule is CC(C)OP(=O)(OC(C)C)C(c1ccco1)N1CCCCC1. The van der Waals surface area contributed by atoms with E-state index in [0.29, 0.717) is 5.76 Å². The lowest BCUT2D eigenvalue weighted by molar-refractivity contribution is 0.0985. The third kappa shape index (κ3) is 4.45. The first kappa shape index (κ1) is 17.7. The standard InChI is InChI=1S/C16H28NO4P/c1-13(2)20-22(18,21-14(3)4)16(15-9-8-12-19-15)17-10-6-5-7-11-17/h8-9,12-14,16H,5-7,10-11H2,1-4H3. The van der Waals surface area contributed by atoms with E-state index in [2.05, 4.69) is 4.90 Å². The molecule has 0 saturated carbocycles. The van der Waals surface area contributed by atoms with Crippen LogP contribution in [0.15, 0.2) is 22.8 Å². The summed E-state index contributed by atoms with van der Waals surface area (Å²) in [7, 11) is -3.37. The molecule has 0 amide bonds. The highest BCUT2D eigenvalue weighted by Crippen LogP contribution is 2.64. The van der Waals surface area contributed by atoms with Gasteiger partial charge in [0.1, 0.15) is 5.76 Å². The Kier molecular flexibility index (Phi) is 6.27. The lowest BCUT2D eigenvalue weighted by Crippen LogP contribution is -2.35. The Morgan fingerprint density at radius 2 is 1.68 bits per heavy atom. The van der Waals surface area contributed by atoms with Crippen LogP contribution in [0.5, 0.6) is 0 Å². The van der Waals surface area contributed by atoms with Crippen molar-refractivity contribution in [3.63, 3.8) is 0 Å². The monoisotopic (exact) mass is 329 g/mol. The van der Waals surface area contributed by atoms with E-state index in [4.69, 9.17) is 13.5 Å². The van der Waals surface area contributed by atoms with E-state index < -0.39 is 13.4 Å². The van der Waals surface area contributed by atoms with Gasteiger partial charge in [0.25, 0.3) is 0 Å². The summed E-state index contributed by atoms with van der Waals surface area (Å²) in [6.07, 6.45) is 4.67. The Morgan fingerprint density at radius 1 is 1.09 bits per heavy atom. The average Bonchev–Trinajstić information content (AvgIpc) is 2.91. The minimum absolute atomic E-state index is 0.174. The fourth-order valence-electron chi connectivity index (χ4n) is 2.86. The molecule has 0 aliphatic carbocycles. The third-order valence-corrected chi connectivity index (χ3v) is 6.16. The maximum atomic E-state index is 13.6. The van der Waals surface area contributed by atoms with Crippen molar-refractivity contribution >= 4 is 7.60 Å². The fraction of sp³-hybridized carbons (Fsp3) is 0.750. The van der Waals surface area contributed by atoms with Crippen molar-refractivity contribution < 1.29 is 18.0 Å². The fourth-order valence-corrected chi connectivity index (χ4v) is 5.41. The number of hydrogen-bond acceptors (Lipinski definition) is 5. The van der Waals surface area contributed by atoms with Crippen molar-refractivity contribution in [1.82, 2.24) is 4.90 Å². The highest BCUT2D eigenvalue weighted by atomic mass is 31.2. The van der Waals surface area contributed by atoms with Gasteiger partial charge in [0.15, 0.2) is 5.78 Å². The predicted octanol–water partition coefficient (Wildman–Crippen LogP) is 4.81. The molecule has 126 valence electrons. The van der Waals surface area contributed by atoms with Gasteiger partial charge in [0.05, 0.1) is 18.5 Å². The minimum Gasteiger partial charge on any atom is -0.467 e. The van der Waals surface area contributed by atoms with Crippen LogP contribution in [0, 0.1) is 0 Å². The molecular formula is C16H28NO4P. The van der Waals surface area contributed by atoms with Gasteiger partial charge in [-0.2, -0.15) is 0 Å². The molecule has 1 aromatic rings. The molecule has 0 spiro atoms. The number of rotatable bonds is 7. The van der Waals surface area contributed by atoms with E-state index >= 15 is 0 Å². The molecule has 2 heterocycles. The van der Waals surface area contributed by atoms with Gasteiger partial charge in [-0.25, -0.2) is 0 Å². The summed E-state index contributed by atoms with van der Waals surface area (Å²) in [5, 5.41) is 0. The maximum absolute atomic E-state index is 13.6. The van der Waals surface area contributed by atoms with Gasteiger partial charge >= 0.3 is 7.60 Å². The van der Waals surface area contributed by atoms with Crippen LogP contribution >= 0.6 is 7.60 Å². The first-order chi connectivity index (χ1) is 10.4. The van der Waals surface area contributed by atoms with Gasteiger partial charge in [-0.05, 0) is 65.8 Å². The van der Waals surface area contributed by atoms with Gasteiger partial charge in [-0.1, -0.05) is 6.42 Å². The van der Waals surface area contributed by atoms with Gasteiger partial charge in [-0.15, -0.1) is 0 Å². The Labute approximate surface area is 133 Å². The smallest absolute Gasteiger partial charge is 0.355 e. The quantitative estimate of drug-likeness (QED) is 0.672. The van der Waals surface area contributed by atoms with Gasteiger partial charge in [0.2, 0.25) is 0 Å². The highest BCUT2D eigenvalue weighted by Gasteiger charge is 2.45. The van der Waals surface area contributed by atoms with Crippen LogP contribution in [0.3, 0.4) is 0 Å². The van der Waals surface area contributed by atoms with Crippen molar-refractivity contribution in [3.8, 4) is 0 Å². The number of likely N-dealkylation sites (tertiary alicyclic amines) is 1. The molecule has 22 heavy (non-hydrogen) atoms. The van der Waals surface area contributed by atoms with Crippen molar-refractivity contribution in [2.75, 3.05) is 13.1 Å². The molecule has 1 fully saturated rings. The second kappa shape index (κ2) is 7.78. The zero-order valence-electron chi connectivity index (χ0n) is 14.0. The maximum Gasteiger partial charge on any atom is 0.355 e. The molecule has 1 aliphatic heterocycles. The summed E-state index contributed by atoms with van der Waals surface area (Å²) < 4.78 is 30.8. The normalized spacial score (nSPS) is 19.0. The molecule has 0 aromatic carbocycles. The summed E-state index contributed by atoms with van der Waals surface area (Å²) in [4.78, 5) is 2.19. The van der Waals surface area contributed by atoms with Crippen LogP contribution in [-0.4, -0.2) is 30.2 Å². The van der Waals surface area contributed by atoms with E-state index in [1.165, 1.54) is 6.42 Å². The lowest BCUT2D eigenvalue weighted by Gasteiger charge is -2.38. The van der Waals surface area contributed by atoms with Crippen LogP contribution in [0.1, 0.15) is 58.5 Å². The van der Waals surface area contributed by atoms with Crippen LogP contribution in [0.2, 0.25) is 0 Å². The molecule has 6 heteroatoms. The largest absolute Gasteiger partial charge is 0.467 e. The number of piperidine rings is 1. The van der Waals surface area contributed by atoms with E-state index in [1.807, 2.05) is 39.8 Å². The number of furan rings is 1. The first-order valence-corrected chi connectivity index (χ1v) is 9.77. The molecule has 0 N–H and O–H groups in total. The summed E-state index contributed by atoms with van der Waals surface area (Å²) in [5.41, 5.74) is 0. The minimum atomic E-state index is -3.37. The average molecular weight is 329 g/mol. The third-order valence-electron chi connectivity index (χ3n) is 3.55. The van der Waals surface area contributed by atoms with E-state index in [1.54, 1.807) is 6.26 Å².